The highest BCUT2D eigenvalue weighted by molar-refractivity contribution is 5.83. The molecular weight excluding hydrogens is 204 g/mol. The monoisotopic (exact) mass is 230 g/mol. The molecule has 0 heterocycles. The van der Waals surface area contributed by atoms with Gasteiger partial charge in [-0.1, -0.05) is 41.0 Å². The SMILES string of the molecule is CC[C@H](C)[C@@H](O)[C@@H](C)C(=O)[C@H](C)[C@@H](O)CC. The molecule has 96 valence electrons. The molecule has 0 aliphatic heterocycles. The fourth-order valence-corrected chi connectivity index (χ4v) is 1.86. The Bertz CT molecular complexity index is 215. The zero-order chi connectivity index (χ0) is 12.9. The molecule has 0 bridgehead atoms. The van der Waals surface area contributed by atoms with Crippen molar-refractivity contribution in [3.05, 3.63) is 0 Å². The van der Waals surface area contributed by atoms with Gasteiger partial charge in [-0.05, 0) is 12.3 Å². The highest BCUT2D eigenvalue weighted by Crippen LogP contribution is 2.21. The first-order valence-corrected chi connectivity index (χ1v) is 6.26. The van der Waals surface area contributed by atoms with Crippen molar-refractivity contribution in [3.63, 3.8) is 0 Å². The van der Waals surface area contributed by atoms with Gasteiger partial charge in [-0.2, -0.15) is 0 Å². The number of hydrogen-bond donors (Lipinski definition) is 2. The van der Waals surface area contributed by atoms with Gasteiger partial charge in [-0.3, -0.25) is 4.79 Å². The lowest BCUT2D eigenvalue weighted by Crippen LogP contribution is -2.37. The van der Waals surface area contributed by atoms with Crippen LogP contribution >= 0.6 is 0 Å². The Hall–Kier alpha value is -0.410. The molecule has 0 rings (SSSR count). The lowest BCUT2D eigenvalue weighted by atomic mass is 9.82. The second-order valence-corrected chi connectivity index (χ2v) is 4.83. The van der Waals surface area contributed by atoms with Gasteiger partial charge in [0.25, 0.3) is 0 Å². The number of rotatable bonds is 7. The maximum Gasteiger partial charge on any atom is 0.143 e. The van der Waals surface area contributed by atoms with Crippen molar-refractivity contribution in [2.45, 2.75) is 59.7 Å². The van der Waals surface area contributed by atoms with Crippen LogP contribution in [0.3, 0.4) is 0 Å². The van der Waals surface area contributed by atoms with Crippen LogP contribution in [0.1, 0.15) is 47.5 Å². The molecule has 16 heavy (non-hydrogen) atoms. The molecule has 0 fully saturated rings. The summed E-state index contributed by atoms with van der Waals surface area (Å²) in [7, 11) is 0. The zero-order valence-electron chi connectivity index (χ0n) is 11.1. The molecule has 0 saturated carbocycles. The number of ketones is 1. The first-order valence-electron chi connectivity index (χ1n) is 6.26. The van der Waals surface area contributed by atoms with E-state index in [1.165, 1.54) is 0 Å². The molecule has 0 aliphatic rings. The Morgan fingerprint density at radius 2 is 1.50 bits per heavy atom. The molecule has 3 nitrogen and oxygen atoms in total. The summed E-state index contributed by atoms with van der Waals surface area (Å²) in [6, 6.07) is 0. The summed E-state index contributed by atoms with van der Waals surface area (Å²) < 4.78 is 0. The summed E-state index contributed by atoms with van der Waals surface area (Å²) in [6.07, 6.45) is 0.214. The van der Waals surface area contributed by atoms with Crippen molar-refractivity contribution in [1.29, 1.82) is 0 Å². The first-order chi connectivity index (χ1) is 7.36. The number of carbonyl (C=O) groups is 1. The number of carbonyl (C=O) groups excluding carboxylic acids is 1. The predicted octanol–water partition coefficient (Wildman–Crippen LogP) is 2.01. The van der Waals surface area contributed by atoms with Crippen LogP contribution < -0.4 is 0 Å². The van der Waals surface area contributed by atoms with Gasteiger partial charge in [0.2, 0.25) is 0 Å². The number of Topliss-reactive ketones (excluding diaryl/α,β-unsaturated/α-hetero) is 1. The van der Waals surface area contributed by atoms with E-state index in [0.29, 0.717) is 6.42 Å². The van der Waals surface area contributed by atoms with Crippen LogP contribution in [0.2, 0.25) is 0 Å². The van der Waals surface area contributed by atoms with Gasteiger partial charge in [0, 0.05) is 11.8 Å². The third-order valence-corrected chi connectivity index (χ3v) is 3.63. The van der Waals surface area contributed by atoms with Crippen LogP contribution in [-0.4, -0.2) is 28.2 Å². The number of aliphatic hydroxyl groups is 2. The Labute approximate surface area is 98.9 Å². The lowest BCUT2D eigenvalue weighted by Gasteiger charge is -2.26. The van der Waals surface area contributed by atoms with Crippen LogP contribution in [0.25, 0.3) is 0 Å². The van der Waals surface area contributed by atoms with Crippen molar-refractivity contribution < 1.29 is 15.0 Å². The van der Waals surface area contributed by atoms with E-state index in [-0.39, 0.29) is 11.7 Å². The van der Waals surface area contributed by atoms with Crippen molar-refractivity contribution in [2.24, 2.45) is 17.8 Å². The average Bonchev–Trinajstić information content (AvgIpc) is 2.32. The quantitative estimate of drug-likeness (QED) is 0.703. The molecule has 0 amide bonds. The molecule has 0 unspecified atom stereocenters. The third kappa shape index (κ3) is 3.87. The summed E-state index contributed by atoms with van der Waals surface area (Å²) in [4.78, 5) is 12.0. The van der Waals surface area contributed by atoms with E-state index < -0.39 is 24.0 Å². The molecule has 0 aromatic heterocycles. The third-order valence-electron chi connectivity index (χ3n) is 3.63. The first kappa shape index (κ1) is 15.6. The van der Waals surface area contributed by atoms with Crippen molar-refractivity contribution in [3.8, 4) is 0 Å². The van der Waals surface area contributed by atoms with E-state index in [1.807, 2.05) is 20.8 Å². The summed E-state index contributed by atoms with van der Waals surface area (Å²) in [5.74, 6) is -0.711. The molecule has 0 spiro atoms. The van der Waals surface area contributed by atoms with E-state index >= 15 is 0 Å². The van der Waals surface area contributed by atoms with E-state index in [9.17, 15) is 15.0 Å². The molecule has 0 aliphatic carbocycles. The number of aliphatic hydroxyl groups excluding tert-OH is 2. The topological polar surface area (TPSA) is 57.5 Å². The van der Waals surface area contributed by atoms with Gasteiger partial charge in [-0.15, -0.1) is 0 Å². The fraction of sp³-hybridized carbons (Fsp3) is 0.923. The van der Waals surface area contributed by atoms with Gasteiger partial charge >= 0.3 is 0 Å². The Kier molecular flexibility index (Phi) is 6.84. The maximum atomic E-state index is 12.0. The second-order valence-electron chi connectivity index (χ2n) is 4.83. The molecule has 0 aromatic rings. The average molecular weight is 230 g/mol. The van der Waals surface area contributed by atoms with E-state index in [1.54, 1.807) is 13.8 Å². The summed E-state index contributed by atoms with van der Waals surface area (Å²) in [6.45, 7) is 9.27. The summed E-state index contributed by atoms with van der Waals surface area (Å²) in [5, 5.41) is 19.6. The van der Waals surface area contributed by atoms with Gasteiger partial charge in [0.1, 0.15) is 5.78 Å². The predicted molar refractivity (Wildman–Crippen MR) is 65.1 cm³/mol. The van der Waals surface area contributed by atoms with Crippen LogP contribution in [0.15, 0.2) is 0 Å². The molecular formula is C13H26O3. The van der Waals surface area contributed by atoms with Gasteiger partial charge < -0.3 is 10.2 Å². The molecule has 3 heteroatoms. The minimum absolute atomic E-state index is 0.0397. The summed E-state index contributed by atoms with van der Waals surface area (Å²) in [5.41, 5.74) is 0. The van der Waals surface area contributed by atoms with Crippen LogP contribution in [0, 0.1) is 17.8 Å². The highest BCUT2D eigenvalue weighted by atomic mass is 16.3. The van der Waals surface area contributed by atoms with Gasteiger partial charge in [-0.25, -0.2) is 0 Å². The van der Waals surface area contributed by atoms with Crippen LogP contribution in [0.4, 0.5) is 0 Å². The van der Waals surface area contributed by atoms with Crippen molar-refractivity contribution >= 4 is 5.78 Å². The Morgan fingerprint density at radius 1 is 1.00 bits per heavy atom. The van der Waals surface area contributed by atoms with Crippen LogP contribution in [0.5, 0.6) is 0 Å². The standard InChI is InChI=1S/C13H26O3/c1-6-8(3)12(15)10(5)13(16)9(4)11(14)7-2/h8-12,14-15H,6-7H2,1-5H3/t8-,9+,10+,11-,12+/m0/s1. The van der Waals surface area contributed by atoms with E-state index in [0.717, 1.165) is 6.42 Å². The van der Waals surface area contributed by atoms with E-state index in [4.69, 9.17) is 0 Å². The zero-order valence-corrected chi connectivity index (χ0v) is 11.1. The minimum Gasteiger partial charge on any atom is -0.392 e. The second kappa shape index (κ2) is 7.02. The molecule has 2 N–H and O–H groups in total. The normalized spacial score (nSPS) is 20.9. The summed E-state index contributed by atoms with van der Waals surface area (Å²) >= 11 is 0. The van der Waals surface area contributed by atoms with Gasteiger partial charge in [0.05, 0.1) is 12.2 Å². The fourth-order valence-electron chi connectivity index (χ4n) is 1.86. The van der Waals surface area contributed by atoms with Crippen molar-refractivity contribution in [1.82, 2.24) is 0 Å². The lowest BCUT2D eigenvalue weighted by molar-refractivity contribution is -0.133. The Morgan fingerprint density at radius 3 is 1.88 bits per heavy atom. The van der Waals surface area contributed by atoms with Gasteiger partial charge in [0.15, 0.2) is 0 Å². The molecule has 0 radical (unpaired) electrons. The molecule has 0 saturated heterocycles. The highest BCUT2D eigenvalue weighted by Gasteiger charge is 2.31. The van der Waals surface area contributed by atoms with Crippen molar-refractivity contribution in [2.75, 3.05) is 0 Å². The molecule has 5 atom stereocenters. The maximum absolute atomic E-state index is 12.0. The molecule has 0 aromatic carbocycles. The smallest absolute Gasteiger partial charge is 0.143 e. The minimum atomic E-state index is -0.607. The van der Waals surface area contributed by atoms with E-state index in [2.05, 4.69) is 0 Å². The number of hydrogen-bond acceptors (Lipinski definition) is 3. The Balaban J connectivity index is 4.48. The van der Waals surface area contributed by atoms with Crippen LogP contribution in [-0.2, 0) is 4.79 Å². The largest absolute Gasteiger partial charge is 0.392 e.